The standard InChI is InChI=1S/C13H16N2O5/c1-2-19-12(17)9-3-5-10(6-4-9)20-8-7-11(16)15-13(14)18/h3-6H,2,7-8H2,1H3,(H3,14,15,16,18). The number of nitrogens with two attached hydrogens (primary N) is 1. The number of carbonyl (C=O) groups is 3. The zero-order valence-electron chi connectivity index (χ0n) is 11.0. The molecule has 0 aromatic heterocycles. The Labute approximate surface area is 116 Å². The van der Waals surface area contributed by atoms with E-state index in [-0.39, 0.29) is 13.0 Å². The van der Waals surface area contributed by atoms with Crippen LogP contribution in [0.25, 0.3) is 0 Å². The Kier molecular flexibility index (Phi) is 6.02. The van der Waals surface area contributed by atoms with Gasteiger partial charge in [-0.05, 0) is 31.2 Å². The van der Waals surface area contributed by atoms with Gasteiger partial charge in [0, 0.05) is 0 Å². The Morgan fingerprint density at radius 3 is 2.40 bits per heavy atom. The van der Waals surface area contributed by atoms with Crippen molar-refractivity contribution in [1.82, 2.24) is 5.32 Å². The van der Waals surface area contributed by atoms with E-state index in [2.05, 4.69) is 0 Å². The number of rotatable bonds is 6. The van der Waals surface area contributed by atoms with E-state index in [0.29, 0.717) is 17.9 Å². The number of urea groups is 1. The van der Waals surface area contributed by atoms with E-state index in [0.717, 1.165) is 0 Å². The fraction of sp³-hybridized carbons (Fsp3) is 0.308. The summed E-state index contributed by atoms with van der Waals surface area (Å²) >= 11 is 0. The van der Waals surface area contributed by atoms with Crippen LogP contribution in [0.15, 0.2) is 24.3 Å². The normalized spacial score (nSPS) is 9.65. The highest BCUT2D eigenvalue weighted by atomic mass is 16.5. The summed E-state index contributed by atoms with van der Waals surface area (Å²) in [6, 6.07) is 5.43. The molecule has 0 bridgehead atoms. The second-order valence-corrected chi connectivity index (χ2v) is 3.76. The topological polar surface area (TPSA) is 108 Å². The van der Waals surface area contributed by atoms with Gasteiger partial charge in [0.2, 0.25) is 5.91 Å². The number of primary amides is 1. The van der Waals surface area contributed by atoms with Gasteiger partial charge in [-0.15, -0.1) is 0 Å². The predicted molar refractivity (Wildman–Crippen MR) is 70.2 cm³/mol. The van der Waals surface area contributed by atoms with Crippen LogP contribution in [-0.2, 0) is 9.53 Å². The first-order valence-corrected chi connectivity index (χ1v) is 6.02. The molecule has 108 valence electrons. The molecular weight excluding hydrogens is 264 g/mol. The quantitative estimate of drug-likeness (QED) is 0.750. The number of esters is 1. The highest BCUT2D eigenvalue weighted by molar-refractivity contribution is 5.93. The number of imide groups is 1. The minimum absolute atomic E-state index is 0.00255. The highest BCUT2D eigenvalue weighted by Gasteiger charge is 2.07. The molecule has 3 N–H and O–H groups in total. The van der Waals surface area contributed by atoms with Crippen molar-refractivity contribution in [2.75, 3.05) is 13.2 Å². The second kappa shape index (κ2) is 7.78. The summed E-state index contributed by atoms with van der Waals surface area (Å²) in [5.41, 5.74) is 5.21. The molecular formula is C13H16N2O5. The average molecular weight is 280 g/mol. The van der Waals surface area contributed by atoms with Crippen molar-refractivity contribution in [3.63, 3.8) is 0 Å². The Balaban J connectivity index is 2.40. The van der Waals surface area contributed by atoms with E-state index in [1.807, 2.05) is 5.32 Å². The molecule has 3 amide bonds. The zero-order chi connectivity index (χ0) is 15.0. The summed E-state index contributed by atoms with van der Waals surface area (Å²) in [7, 11) is 0. The molecule has 0 radical (unpaired) electrons. The first-order chi connectivity index (χ1) is 9.52. The summed E-state index contributed by atoms with van der Waals surface area (Å²) in [6.45, 7) is 2.14. The summed E-state index contributed by atoms with van der Waals surface area (Å²) < 4.78 is 10.1. The first kappa shape index (κ1) is 15.5. The van der Waals surface area contributed by atoms with Gasteiger partial charge >= 0.3 is 12.0 Å². The van der Waals surface area contributed by atoms with Gasteiger partial charge in [0.15, 0.2) is 0 Å². The maximum Gasteiger partial charge on any atom is 0.338 e. The molecule has 0 spiro atoms. The average Bonchev–Trinajstić information content (AvgIpc) is 2.39. The SMILES string of the molecule is CCOC(=O)c1ccc(OCCC(=O)NC(N)=O)cc1. The van der Waals surface area contributed by atoms with E-state index in [4.69, 9.17) is 15.2 Å². The van der Waals surface area contributed by atoms with Gasteiger partial charge < -0.3 is 15.2 Å². The fourth-order valence-electron chi connectivity index (χ4n) is 1.36. The molecule has 0 aliphatic heterocycles. The molecule has 0 saturated carbocycles. The van der Waals surface area contributed by atoms with Gasteiger partial charge in [-0.25, -0.2) is 9.59 Å². The van der Waals surface area contributed by atoms with Gasteiger partial charge in [0.25, 0.3) is 0 Å². The lowest BCUT2D eigenvalue weighted by atomic mass is 10.2. The van der Waals surface area contributed by atoms with E-state index < -0.39 is 17.9 Å². The van der Waals surface area contributed by atoms with Crippen molar-refractivity contribution in [3.8, 4) is 5.75 Å². The Hall–Kier alpha value is -2.57. The van der Waals surface area contributed by atoms with E-state index >= 15 is 0 Å². The van der Waals surface area contributed by atoms with Gasteiger partial charge in [0.1, 0.15) is 5.75 Å². The van der Waals surface area contributed by atoms with Crippen LogP contribution < -0.4 is 15.8 Å². The van der Waals surface area contributed by atoms with Crippen LogP contribution in [0.5, 0.6) is 5.75 Å². The van der Waals surface area contributed by atoms with Crippen LogP contribution in [0.3, 0.4) is 0 Å². The van der Waals surface area contributed by atoms with Gasteiger partial charge in [-0.3, -0.25) is 10.1 Å². The van der Waals surface area contributed by atoms with E-state index in [1.165, 1.54) is 0 Å². The van der Waals surface area contributed by atoms with E-state index in [9.17, 15) is 14.4 Å². The van der Waals surface area contributed by atoms with Crippen molar-refractivity contribution >= 4 is 17.9 Å². The van der Waals surface area contributed by atoms with E-state index in [1.54, 1.807) is 31.2 Å². The zero-order valence-corrected chi connectivity index (χ0v) is 11.0. The maximum absolute atomic E-state index is 11.4. The monoisotopic (exact) mass is 280 g/mol. The van der Waals surface area contributed by atoms with Crippen molar-refractivity contribution in [1.29, 1.82) is 0 Å². The Morgan fingerprint density at radius 1 is 1.20 bits per heavy atom. The number of hydrogen-bond acceptors (Lipinski definition) is 5. The first-order valence-electron chi connectivity index (χ1n) is 6.02. The minimum Gasteiger partial charge on any atom is -0.493 e. The molecule has 1 aromatic carbocycles. The molecule has 1 aromatic rings. The molecule has 20 heavy (non-hydrogen) atoms. The van der Waals surface area contributed by atoms with Gasteiger partial charge in [0.05, 0.1) is 25.2 Å². The maximum atomic E-state index is 11.4. The van der Waals surface area contributed by atoms with Gasteiger partial charge in [-0.1, -0.05) is 0 Å². The molecule has 7 heteroatoms. The number of hydrogen-bond donors (Lipinski definition) is 2. The number of carbonyl (C=O) groups excluding carboxylic acids is 3. The van der Waals surface area contributed by atoms with Crippen LogP contribution >= 0.6 is 0 Å². The van der Waals surface area contributed by atoms with Crippen molar-refractivity contribution < 1.29 is 23.9 Å². The van der Waals surface area contributed by atoms with Crippen LogP contribution in [0.4, 0.5) is 4.79 Å². The lowest BCUT2D eigenvalue weighted by Gasteiger charge is -2.06. The van der Waals surface area contributed by atoms with Crippen LogP contribution in [0.1, 0.15) is 23.7 Å². The number of ether oxygens (including phenoxy) is 2. The van der Waals surface area contributed by atoms with Crippen molar-refractivity contribution in [2.45, 2.75) is 13.3 Å². The summed E-state index contributed by atoms with van der Waals surface area (Å²) in [5, 5.41) is 1.93. The number of benzene rings is 1. The summed E-state index contributed by atoms with van der Waals surface area (Å²) in [6.07, 6.45) is 0.00255. The minimum atomic E-state index is -0.895. The highest BCUT2D eigenvalue weighted by Crippen LogP contribution is 2.13. The lowest BCUT2D eigenvalue weighted by Crippen LogP contribution is -2.35. The molecule has 0 unspecified atom stereocenters. The number of nitrogens with one attached hydrogen (secondary N) is 1. The molecule has 0 atom stereocenters. The van der Waals surface area contributed by atoms with Crippen molar-refractivity contribution in [3.05, 3.63) is 29.8 Å². The summed E-state index contributed by atoms with van der Waals surface area (Å²) in [5.74, 6) is -0.412. The molecule has 0 aliphatic carbocycles. The fourth-order valence-corrected chi connectivity index (χ4v) is 1.36. The van der Waals surface area contributed by atoms with Crippen LogP contribution in [0, 0.1) is 0 Å². The summed E-state index contributed by atoms with van der Waals surface area (Å²) in [4.78, 5) is 32.9. The van der Waals surface area contributed by atoms with Gasteiger partial charge in [-0.2, -0.15) is 0 Å². The molecule has 0 heterocycles. The molecule has 0 aliphatic rings. The smallest absolute Gasteiger partial charge is 0.338 e. The van der Waals surface area contributed by atoms with Crippen LogP contribution in [-0.4, -0.2) is 31.1 Å². The lowest BCUT2D eigenvalue weighted by molar-refractivity contribution is -0.120. The third-order valence-corrected chi connectivity index (χ3v) is 2.23. The third kappa shape index (κ3) is 5.38. The largest absolute Gasteiger partial charge is 0.493 e. The molecule has 0 fully saturated rings. The van der Waals surface area contributed by atoms with Crippen LogP contribution in [0.2, 0.25) is 0 Å². The molecule has 0 saturated heterocycles. The Morgan fingerprint density at radius 2 is 1.85 bits per heavy atom. The van der Waals surface area contributed by atoms with Crippen molar-refractivity contribution in [2.24, 2.45) is 5.73 Å². The Bertz CT molecular complexity index is 484. The predicted octanol–water partition coefficient (Wildman–Crippen LogP) is 0.827. The second-order valence-electron chi connectivity index (χ2n) is 3.76. The molecule has 1 rings (SSSR count). The molecule has 7 nitrogen and oxygen atoms in total. The third-order valence-electron chi connectivity index (χ3n) is 2.23. The number of amides is 3.